The summed E-state index contributed by atoms with van der Waals surface area (Å²) < 4.78 is 0. The van der Waals surface area contributed by atoms with E-state index in [4.69, 9.17) is 0 Å². The summed E-state index contributed by atoms with van der Waals surface area (Å²) in [5.41, 5.74) is 1.14. The van der Waals surface area contributed by atoms with Crippen LogP contribution >= 0.6 is 0 Å². The van der Waals surface area contributed by atoms with Crippen LogP contribution in [0.25, 0.3) is 0 Å². The summed E-state index contributed by atoms with van der Waals surface area (Å²) >= 11 is 0. The van der Waals surface area contributed by atoms with Crippen LogP contribution in [0.5, 0.6) is 0 Å². The topological polar surface area (TPSA) is 29.1 Å². The summed E-state index contributed by atoms with van der Waals surface area (Å²) in [6.07, 6.45) is 0. The third kappa shape index (κ3) is 5.89. The molecule has 2 heteroatoms. The molecule has 0 saturated carbocycles. The van der Waals surface area contributed by atoms with Gasteiger partial charge in [0.15, 0.2) is 0 Å². The molecule has 0 heterocycles. The maximum atomic E-state index is 11.2. The molecular weight excluding hydrogens is 186 g/mol. The molecule has 0 aliphatic rings. The van der Waals surface area contributed by atoms with Crippen molar-refractivity contribution < 1.29 is 6.22 Å². The summed E-state index contributed by atoms with van der Waals surface area (Å²) in [4.78, 5) is 11.2. The highest BCUT2D eigenvalue weighted by atomic mass is 16.1. The van der Waals surface area contributed by atoms with Gasteiger partial charge in [0.1, 0.15) is 0 Å². The minimum Gasteiger partial charge on any atom is -0.352 e. The number of hydrogen-bond acceptors (Lipinski definition) is 1. The molecule has 0 aliphatic carbocycles. The van der Waals surface area contributed by atoms with Gasteiger partial charge in [0.25, 0.3) is 0 Å². The highest BCUT2D eigenvalue weighted by Crippen LogP contribution is 1.98. The van der Waals surface area contributed by atoms with Gasteiger partial charge in [-0.1, -0.05) is 58.0 Å². The monoisotopic (exact) mass is 209 g/mol. The molecule has 0 saturated heterocycles. The first-order chi connectivity index (χ1) is 7.20. The maximum Gasteiger partial charge on any atom is 0.222 e. The molecule has 1 rings (SSSR count). The van der Waals surface area contributed by atoms with E-state index in [1.165, 1.54) is 0 Å². The summed E-state index contributed by atoms with van der Waals surface area (Å²) in [5.74, 6) is 0.160. The van der Waals surface area contributed by atoms with Crippen molar-refractivity contribution in [2.75, 3.05) is 0 Å². The van der Waals surface area contributed by atoms with Crippen molar-refractivity contribution in [1.82, 2.24) is 5.32 Å². The van der Waals surface area contributed by atoms with E-state index in [-0.39, 0.29) is 13.3 Å². The molecule has 1 aromatic rings. The summed E-state index contributed by atoms with van der Waals surface area (Å²) in [6.45, 7) is 8.40. The Morgan fingerprint density at radius 2 is 1.80 bits per heavy atom. The number of amides is 1. The molecule has 0 aromatic heterocycles. The fourth-order valence-electron chi connectivity index (χ4n) is 0.989. The Hall–Kier alpha value is -1.31. The Labute approximate surface area is 94.2 Å². The molecule has 0 unspecified atom stereocenters. The average Bonchev–Trinajstić information content (AvgIpc) is 2.30. The van der Waals surface area contributed by atoms with Crippen LogP contribution < -0.4 is 5.32 Å². The van der Waals surface area contributed by atoms with Crippen molar-refractivity contribution in [3.8, 4) is 0 Å². The number of nitrogens with one attached hydrogen (secondary N) is 1. The normalized spacial score (nSPS) is 9.13. The first kappa shape index (κ1) is 13.7. The smallest absolute Gasteiger partial charge is 0.222 e. The molecule has 86 valence electrons. The van der Waals surface area contributed by atoms with Crippen molar-refractivity contribution in [3.63, 3.8) is 0 Å². The van der Waals surface area contributed by atoms with Crippen molar-refractivity contribution in [2.24, 2.45) is 5.92 Å². The molecule has 2 nitrogen and oxygen atoms in total. The van der Waals surface area contributed by atoms with Crippen LogP contribution in [0, 0.1) is 5.92 Å². The van der Waals surface area contributed by atoms with E-state index in [2.05, 4.69) is 5.32 Å². The van der Waals surface area contributed by atoms with Gasteiger partial charge in [-0.15, -0.1) is 0 Å². The van der Waals surface area contributed by atoms with Gasteiger partial charge in [0, 0.05) is 13.9 Å². The number of carbonyl (C=O) groups is 1. The van der Waals surface area contributed by atoms with Crippen molar-refractivity contribution in [2.45, 2.75) is 34.2 Å². The highest BCUT2D eigenvalue weighted by molar-refractivity contribution is 5.77. The average molecular weight is 209 g/mol. The van der Waals surface area contributed by atoms with E-state index in [0.717, 1.165) is 5.56 Å². The number of benzene rings is 1. The van der Waals surface area contributed by atoms with Gasteiger partial charge in [0.05, 0.1) is 0 Å². The van der Waals surface area contributed by atoms with Gasteiger partial charge >= 0.3 is 0 Å². The van der Waals surface area contributed by atoms with Crippen LogP contribution in [-0.4, -0.2) is 5.91 Å². The molecule has 1 aromatic carbocycles. The van der Waals surface area contributed by atoms with Crippen LogP contribution in [0.3, 0.4) is 0 Å². The molecular formula is C13H23NO. The summed E-state index contributed by atoms with van der Waals surface area (Å²) in [6, 6.07) is 9.91. The van der Waals surface area contributed by atoms with Gasteiger partial charge in [-0.05, 0) is 5.56 Å². The molecule has 0 radical (unpaired) electrons. The molecule has 0 fully saturated rings. The lowest BCUT2D eigenvalue weighted by Crippen LogP contribution is -2.26. The molecule has 0 aliphatic heterocycles. The van der Waals surface area contributed by atoms with Crippen molar-refractivity contribution in [1.29, 1.82) is 0 Å². The zero-order chi connectivity index (χ0) is 11.7. The molecule has 0 bridgehead atoms. The first-order valence-corrected chi connectivity index (χ1v) is 5.52. The van der Waals surface area contributed by atoms with Gasteiger partial charge < -0.3 is 5.32 Å². The van der Waals surface area contributed by atoms with Gasteiger partial charge in [0.2, 0.25) is 5.91 Å². The van der Waals surface area contributed by atoms with E-state index < -0.39 is 0 Å². The zero-order valence-corrected chi connectivity index (χ0v) is 10.1. The number of hydrogen-bond donors (Lipinski definition) is 1. The quantitative estimate of drug-likeness (QED) is 0.813. The molecule has 0 atom stereocenters. The van der Waals surface area contributed by atoms with Gasteiger partial charge in [-0.25, -0.2) is 0 Å². The van der Waals surface area contributed by atoms with Crippen LogP contribution in [0.4, 0.5) is 0 Å². The Balaban J connectivity index is 0. The van der Waals surface area contributed by atoms with Crippen molar-refractivity contribution >= 4 is 5.91 Å². The van der Waals surface area contributed by atoms with Gasteiger partial charge in [-0.3, -0.25) is 4.79 Å². The minimum atomic E-state index is 0. The lowest BCUT2D eigenvalue weighted by atomic mass is 10.2. The highest BCUT2D eigenvalue weighted by Gasteiger charge is 2.04. The second-order valence-corrected chi connectivity index (χ2v) is 3.36. The fourth-order valence-corrected chi connectivity index (χ4v) is 0.989. The van der Waals surface area contributed by atoms with Crippen molar-refractivity contribution in [3.05, 3.63) is 35.9 Å². The molecule has 0 spiro atoms. The minimum absolute atomic E-state index is 0. The second-order valence-electron chi connectivity index (χ2n) is 3.36. The van der Waals surface area contributed by atoms with Gasteiger partial charge in [-0.2, -0.15) is 0 Å². The van der Waals surface area contributed by atoms with E-state index >= 15 is 0 Å². The Bertz CT molecular complexity index is 273. The van der Waals surface area contributed by atoms with Crippen LogP contribution in [0.1, 0.15) is 34.7 Å². The molecule has 15 heavy (non-hydrogen) atoms. The lowest BCUT2D eigenvalue weighted by molar-refractivity contribution is -0.124. The third-order valence-corrected chi connectivity index (χ3v) is 1.83. The largest absolute Gasteiger partial charge is 0.352 e. The zero-order valence-electron chi connectivity index (χ0n) is 10.1. The maximum absolute atomic E-state index is 11.2. The predicted molar refractivity (Wildman–Crippen MR) is 66.6 cm³/mol. The standard InChI is InChI=1S/C11H15NO.C2H6.H2/c1-9(2)11(13)12-8-10-6-4-3-5-7-10;1-2;/h3-7,9H,8H2,1-2H3,(H,12,13);1-2H3;1H. The third-order valence-electron chi connectivity index (χ3n) is 1.83. The molecule has 1 N–H and O–H groups in total. The van der Waals surface area contributed by atoms with E-state index in [9.17, 15) is 4.79 Å². The SMILES string of the molecule is CC.CC(C)C(=O)NCc1ccccc1.[HH]. The van der Waals surface area contributed by atoms with Crippen LogP contribution in [-0.2, 0) is 11.3 Å². The van der Waals surface area contributed by atoms with E-state index in [1.807, 2.05) is 58.0 Å². The Morgan fingerprint density at radius 1 is 1.27 bits per heavy atom. The Morgan fingerprint density at radius 3 is 2.27 bits per heavy atom. The van der Waals surface area contributed by atoms with E-state index in [0.29, 0.717) is 6.54 Å². The van der Waals surface area contributed by atoms with Crippen LogP contribution in [0.15, 0.2) is 30.3 Å². The summed E-state index contributed by atoms with van der Waals surface area (Å²) in [5, 5.41) is 2.86. The number of carbonyl (C=O) groups excluding carboxylic acids is 1. The Kier molecular flexibility index (Phi) is 7.33. The molecule has 1 amide bonds. The van der Waals surface area contributed by atoms with Crippen LogP contribution in [0.2, 0.25) is 0 Å². The first-order valence-electron chi connectivity index (χ1n) is 5.52. The summed E-state index contributed by atoms with van der Waals surface area (Å²) in [7, 11) is 0. The lowest BCUT2D eigenvalue weighted by Gasteiger charge is -2.06. The fraction of sp³-hybridized carbons (Fsp3) is 0.462. The number of rotatable bonds is 3. The second kappa shape index (κ2) is 8.04. The van der Waals surface area contributed by atoms with E-state index in [1.54, 1.807) is 0 Å². The predicted octanol–water partition coefficient (Wildman–Crippen LogP) is 3.23.